The molecule has 2 amide bonds. The van der Waals surface area contributed by atoms with Gasteiger partial charge in [-0.15, -0.1) is 0 Å². The first kappa shape index (κ1) is 22.6. The summed E-state index contributed by atoms with van der Waals surface area (Å²) in [4.78, 5) is 47.1. The molecule has 0 saturated heterocycles. The molecule has 0 bridgehead atoms. The number of rotatable bonds is 10. The number of para-hydroxylation sites is 2. The van der Waals surface area contributed by atoms with Crippen molar-refractivity contribution in [1.82, 2.24) is 0 Å². The number of hydrogen-bond donors (Lipinski definition) is 2. The summed E-state index contributed by atoms with van der Waals surface area (Å²) in [7, 11) is 1.49. The molecule has 2 aromatic carbocycles. The molecule has 158 valence electrons. The van der Waals surface area contributed by atoms with Gasteiger partial charge in [0, 0.05) is 24.1 Å². The van der Waals surface area contributed by atoms with Crippen LogP contribution in [0.4, 0.5) is 11.4 Å². The minimum Gasteiger partial charge on any atom is -0.495 e. The predicted octanol–water partition coefficient (Wildman–Crippen LogP) is 3.19. The van der Waals surface area contributed by atoms with E-state index < -0.39 is 18.5 Å². The van der Waals surface area contributed by atoms with Crippen LogP contribution in [0.2, 0.25) is 0 Å². The monoisotopic (exact) mass is 412 g/mol. The molecule has 0 atom stereocenters. The number of carbonyl (C=O) groups excluding carboxylic acids is 4. The van der Waals surface area contributed by atoms with Crippen LogP contribution in [-0.4, -0.2) is 37.3 Å². The number of amides is 2. The number of nitrogens with one attached hydrogen (secondary N) is 2. The summed E-state index contributed by atoms with van der Waals surface area (Å²) in [5, 5.41) is 5.28. The van der Waals surface area contributed by atoms with Crippen molar-refractivity contribution >= 4 is 34.9 Å². The van der Waals surface area contributed by atoms with Gasteiger partial charge in [-0.25, -0.2) is 0 Å². The first-order chi connectivity index (χ1) is 14.4. The molecule has 2 N–H and O–H groups in total. The third kappa shape index (κ3) is 7.38. The molecule has 0 fully saturated rings. The molecule has 2 rings (SSSR count). The van der Waals surface area contributed by atoms with E-state index in [0.717, 1.165) is 0 Å². The molecule has 0 aliphatic rings. The van der Waals surface area contributed by atoms with E-state index in [2.05, 4.69) is 10.6 Å². The van der Waals surface area contributed by atoms with Crippen molar-refractivity contribution in [3.8, 4) is 5.75 Å². The fraction of sp³-hybridized carbons (Fsp3) is 0.273. The number of carbonyl (C=O) groups is 4. The van der Waals surface area contributed by atoms with Gasteiger partial charge in [0.25, 0.3) is 5.91 Å². The zero-order chi connectivity index (χ0) is 21.9. The minimum absolute atomic E-state index is 0.00282. The molecule has 8 nitrogen and oxygen atoms in total. The van der Waals surface area contributed by atoms with Crippen LogP contribution in [0, 0.1) is 0 Å². The highest BCUT2D eigenvalue weighted by molar-refractivity contribution is 5.97. The highest BCUT2D eigenvalue weighted by Gasteiger charge is 2.11. The second-order valence-electron chi connectivity index (χ2n) is 6.45. The predicted molar refractivity (Wildman–Crippen MR) is 112 cm³/mol. The lowest BCUT2D eigenvalue weighted by Gasteiger charge is -2.10. The van der Waals surface area contributed by atoms with Gasteiger partial charge >= 0.3 is 5.97 Å². The van der Waals surface area contributed by atoms with Gasteiger partial charge in [0.2, 0.25) is 5.91 Å². The van der Waals surface area contributed by atoms with Crippen molar-refractivity contribution < 1.29 is 28.7 Å². The Labute approximate surface area is 174 Å². The lowest BCUT2D eigenvalue weighted by molar-refractivity contribution is -0.147. The number of ketones is 1. The Hall–Kier alpha value is -3.68. The quantitative estimate of drug-likeness (QED) is 0.458. The van der Waals surface area contributed by atoms with Crippen molar-refractivity contribution in [2.45, 2.75) is 26.2 Å². The molecule has 0 saturated carbocycles. The van der Waals surface area contributed by atoms with E-state index in [1.807, 2.05) is 0 Å². The smallest absolute Gasteiger partial charge is 0.306 e. The topological polar surface area (TPSA) is 111 Å². The lowest BCUT2D eigenvalue weighted by Crippen LogP contribution is -2.21. The van der Waals surface area contributed by atoms with Crippen LogP contribution in [0.25, 0.3) is 0 Å². The summed E-state index contributed by atoms with van der Waals surface area (Å²) in [5.41, 5.74) is 1.50. The highest BCUT2D eigenvalue weighted by atomic mass is 16.5. The van der Waals surface area contributed by atoms with Crippen molar-refractivity contribution in [1.29, 1.82) is 0 Å². The summed E-state index contributed by atoms with van der Waals surface area (Å²) in [5.74, 6) is -0.939. The maximum Gasteiger partial charge on any atom is 0.306 e. The van der Waals surface area contributed by atoms with Gasteiger partial charge < -0.3 is 20.1 Å². The Morgan fingerprint density at radius 1 is 0.900 bits per heavy atom. The average molecular weight is 412 g/mol. The van der Waals surface area contributed by atoms with E-state index in [0.29, 0.717) is 22.7 Å². The molecule has 0 unspecified atom stereocenters. The van der Waals surface area contributed by atoms with Gasteiger partial charge in [-0.1, -0.05) is 24.3 Å². The van der Waals surface area contributed by atoms with E-state index in [1.54, 1.807) is 48.5 Å². The number of esters is 1. The van der Waals surface area contributed by atoms with Gasteiger partial charge in [-0.3, -0.25) is 19.2 Å². The Kier molecular flexibility index (Phi) is 8.56. The molecule has 0 aliphatic carbocycles. The Morgan fingerprint density at radius 3 is 2.40 bits per heavy atom. The summed E-state index contributed by atoms with van der Waals surface area (Å²) in [6.07, 6.45) is 0.376. The highest BCUT2D eigenvalue weighted by Crippen LogP contribution is 2.22. The molecule has 30 heavy (non-hydrogen) atoms. The average Bonchev–Trinajstić information content (AvgIpc) is 2.73. The van der Waals surface area contributed by atoms with Crippen LogP contribution < -0.4 is 15.4 Å². The van der Waals surface area contributed by atoms with E-state index in [9.17, 15) is 19.2 Å². The zero-order valence-electron chi connectivity index (χ0n) is 16.9. The number of methoxy groups -OCH3 is 1. The van der Waals surface area contributed by atoms with E-state index >= 15 is 0 Å². The van der Waals surface area contributed by atoms with Crippen molar-refractivity contribution in [3.63, 3.8) is 0 Å². The second-order valence-corrected chi connectivity index (χ2v) is 6.45. The maximum absolute atomic E-state index is 12.0. The van der Waals surface area contributed by atoms with Gasteiger partial charge in [0.05, 0.1) is 12.8 Å². The van der Waals surface area contributed by atoms with Crippen LogP contribution in [-0.2, 0) is 19.1 Å². The summed E-state index contributed by atoms with van der Waals surface area (Å²) >= 11 is 0. The fourth-order valence-electron chi connectivity index (χ4n) is 2.59. The minimum atomic E-state index is -0.573. The number of Topliss-reactive ketones (excluding diaryl/α,β-unsaturated/α-hetero) is 1. The third-order valence-corrected chi connectivity index (χ3v) is 4.08. The summed E-state index contributed by atoms with van der Waals surface area (Å²) in [6.45, 7) is 1.02. The largest absolute Gasteiger partial charge is 0.495 e. The molecule has 0 aromatic heterocycles. The number of ether oxygens (including phenoxy) is 2. The summed E-state index contributed by atoms with van der Waals surface area (Å²) < 4.78 is 10.1. The van der Waals surface area contributed by atoms with Gasteiger partial charge in [-0.2, -0.15) is 0 Å². The Balaban J connectivity index is 1.68. The maximum atomic E-state index is 12.0. The van der Waals surface area contributed by atoms with Crippen molar-refractivity contribution in [2.24, 2.45) is 0 Å². The van der Waals surface area contributed by atoms with Gasteiger partial charge in [0.15, 0.2) is 12.4 Å². The van der Waals surface area contributed by atoms with Gasteiger partial charge in [-0.05, 0) is 37.6 Å². The lowest BCUT2D eigenvalue weighted by atomic mass is 10.1. The molecule has 0 heterocycles. The van der Waals surface area contributed by atoms with Crippen molar-refractivity contribution in [3.05, 3.63) is 54.1 Å². The molecule has 0 radical (unpaired) electrons. The fourth-order valence-corrected chi connectivity index (χ4v) is 2.59. The molecular weight excluding hydrogens is 388 g/mol. The van der Waals surface area contributed by atoms with Crippen LogP contribution in [0.15, 0.2) is 48.5 Å². The van der Waals surface area contributed by atoms with Crippen LogP contribution in [0.5, 0.6) is 5.75 Å². The zero-order valence-corrected chi connectivity index (χ0v) is 16.9. The first-order valence-corrected chi connectivity index (χ1v) is 9.38. The van der Waals surface area contributed by atoms with Crippen LogP contribution in [0.3, 0.4) is 0 Å². The van der Waals surface area contributed by atoms with Crippen LogP contribution in [0.1, 0.15) is 36.5 Å². The Morgan fingerprint density at radius 2 is 1.67 bits per heavy atom. The van der Waals surface area contributed by atoms with Crippen LogP contribution >= 0.6 is 0 Å². The third-order valence-electron chi connectivity index (χ3n) is 4.08. The number of benzene rings is 2. The number of hydrogen-bond acceptors (Lipinski definition) is 6. The standard InChI is InChI=1S/C22H24N2O6/c1-15(25)16-7-5-8-17(13-16)23-20(26)11-6-12-22(28)30-14-21(27)24-18-9-3-4-10-19(18)29-2/h3-5,7-10,13H,6,11-12,14H2,1-2H3,(H,23,26)(H,24,27). The number of anilines is 2. The van der Waals surface area contributed by atoms with E-state index in [4.69, 9.17) is 9.47 Å². The molecule has 8 heteroatoms. The first-order valence-electron chi connectivity index (χ1n) is 9.38. The van der Waals surface area contributed by atoms with Crippen molar-refractivity contribution in [2.75, 3.05) is 24.4 Å². The second kappa shape index (κ2) is 11.4. The molecule has 2 aromatic rings. The van der Waals surface area contributed by atoms with E-state index in [-0.39, 0.29) is 31.0 Å². The van der Waals surface area contributed by atoms with Gasteiger partial charge in [0.1, 0.15) is 5.75 Å². The molecular formula is C22H24N2O6. The Bertz CT molecular complexity index is 925. The molecule has 0 spiro atoms. The molecule has 0 aliphatic heterocycles. The summed E-state index contributed by atoms with van der Waals surface area (Å²) in [6, 6.07) is 13.5. The normalized spacial score (nSPS) is 10.1. The SMILES string of the molecule is COc1ccccc1NC(=O)COC(=O)CCCC(=O)Nc1cccc(C(C)=O)c1. The van der Waals surface area contributed by atoms with E-state index in [1.165, 1.54) is 14.0 Å².